The molecule has 1 aliphatic rings. The van der Waals surface area contributed by atoms with Crippen LogP contribution in [0.4, 0.5) is 0 Å². The molecule has 2 heterocycles. The van der Waals surface area contributed by atoms with E-state index in [9.17, 15) is 4.79 Å². The van der Waals surface area contributed by atoms with Crippen molar-refractivity contribution in [2.45, 2.75) is 32.7 Å². The summed E-state index contributed by atoms with van der Waals surface area (Å²) in [6, 6.07) is 4.29. The number of likely N-dealkylation sites (tertiary alicyclic amines) is 1. The van der Waals surface area contributed by atoms with Crippen molar-refractivity contribution in [3.8, 4) is 0 Å². The molecule has 0 saturated carbocycles. The molecule has 2 rings (SSSR count). The van der Waals surface area contributed by atoms with E-state index in [2.05, 4.69) is 21.7 Å². The average molecular weight is 318 g/mol. The smallest absolute Gasteiger partial charge is 0.255 e. The Kier molecular flexibility index (Phi) is 6.54. The van der Waals surface area contributed by atoms with Crippen molar-refractivity contribution in [3.05, 3.63) is 29.6 Å². The van der Waals surface area contributed by atoms with Gasteiger partial charge in [0.1, 0.15) is 0 Å². The molecule has 0 bridgehead atoms. The van der Waals surface area contributed by atoms with E-state index in [-0.39, 0.29) is 5.91 Å². The number of carbonyl (C=O) groups excluding carboxylic acids is 1. The molecule has 5 heteroatoms. The molecule has 1 unspecified atom stereocenters. The minimum atomic E-state index is 0.0994. The number of aryl methyl sites for hydroxylation is 1. The Morgan fingerprint density at radius 1 is 1.35 bits per heavy atom. The quantitative estimate of drug-likeness (QED) is 0.769. The molecule has 1 aromatic rings. The first-order valence-corrected chi connectivity index (χ1v) is 8.62. The number of carbonyl (C=O) groups is 1. The zero-order valence-corrected chi connectivity index (χ0v) is 15.0. The molecule has 1 fully saturated rings. The second-order valence-electron chi connectivity index (χ2n) is 6.67. The molecule has 5 nitrogen and oxygen atoms in total. The topological polar surface area (TPSA) is 39.7 Å². The van der Waals surface area contributed by atoms with Crippen LogP contribution in [-0.2, 0) is 0 Å². The Morgan fingerprint density at radius 3 is 2.74 bits per heavy atom. The van der Waals surface area contributed by atoms with Crippen LogP contribution in [-0.4, -0.2) is 78.5 Å². The van der Waals surface area contributed by atoms with Crippen LogP contribution in [0.2, 0.25) is 0 Å². The predicted molar refractivity (Wildman–Crippen MR) is 93.7 cm³/mol. The number of amides is 1. The Bertz CT molecular complexity index is 500. The molecule has 0 aromatic carbocycles. The zero-order chi connectivity index (χ0) is 16.8. The van der Waals surface area contributed by atoms with E-state index in [1.54, 1.807) is 6.20 Å². The average Bonchev–Trinajstić information content (AvgIpc) is 2.98. The Labute approximate surface area is 140 Å². The summed E-state index contributed by atoms with van der Waals surface area (Å²) in [7, 11) is 4.09. The van der Waals surface area contributed by atoms with Crippen molar-refractivity contribution in [1.29, 1.82) is 0 Å². The lowest BCUT2D eigenvalue weighted by Crippen LogP contribution is -2.45. The molecule has 0 spiro atoms. The van der Waals surface area contributed by atoms with E-state index < -0.39 is 0 Å². The number of nitrogens with zero attached hydrogens (tertiary/aromatic N) is 4. The number of aromatic nitrogens is 1. The molecule has 0 aliphatic carbocycles. The standard InChI is InChI=1S/C18H30N4O/c1-5-21-10-6-7-17(21)14-22(12-11-20(3)4)18(23)16-9-8-15(2)19-13-16/h8-9,13,17H,5-7,10-12,14H2,1-4H3. The Balaban J connectivity index is 2.09. The molecule has 1 aliphatic heterocycles. The summed E-state index contributed by atoms with van der Waals surface area (Å²) in [6.45, 7) is 8.81. The minimum absolute atomic E-state index is 0.0994. The molecule has 23 heavy (non-hydrogen) atoms. The summed E-state index contributed by atoms with van der Waals surface area (Å²) in [5.74, 6) is 0.0994. The number of hydrogen-bond acceptors (Lipinski definition) is 4. The van der Waals surface area contributed by atoms with E-state index in [0.29, 0.717) is 11.6 Å². The Morgan fingerprint density at radius 2 is 2.13 bits per heavy atom. The van der Waals surface area contributed by atoms with Crippen LogP contribution >= 0.6 is 0 Å². The first kappa shape index (κ1) is 17.9. The lowest BCUT2D eigenvalue weighted by molar-refractivity contribution is 0.0694. The van der Waals surface area contributed by atoms with Crippen LogP contribution in [0.25, 0.3) is 0 Å². The minimum Gasteiger partial charge on any atom is -0.336 e. The van der Waals surface area contributed by atoms with Crippen LogP contribution in [0.5, 0.6) is 0 Å². The van der Waals surface area contributed by atoms with Gasteiger partial charge in [0.2, 0.25) is 0 Å². The largest absolute Gasteiger partial charge is 0.336 e. The van der Waals surface area contributed by atoms with Crippen molar-refractivity contribution in [3.63, 3.8) is 0 Å². The molecule has 128 valence electrons. The van der Waals surface area contributed by atoms with Gasteiger partial charge in [0.25, 0.3) is 5.91 Å². The second-order valence-corrected chi connectivity index (χ2v) is 6.67. The summed E-state index contributed by atoms with van der Waals surface area (Å²) in [6.07, 6.45) is 4.12. The van der Waals surface area contributed by atoms with Crippen molar-refractivity contribution in [2.24, 2.45) is 0 Å². The molecular formula is C18H30N4O. The van der Waals surface area contributed by atoms with Gasteiger partial charge in [0.15, 0.2) is 0 Å². The maximum absolute atomic E-state index is 12.9. The lowest BCUT2D eigenvalue weighted by atomic mass is 10.1. The number of likely N-dealkylation sites (N-methyl/N-ethyl adjacent to an activating group) is 2. The van der Waals surface area contributed by atoms with Gasteiger partial charge < -0.3 is 9.80 Å². The van der Waals surface area contributed by atoms with Crippen molar-refractivity contribution >= 4 is 5.91 Å². The molecule has 1 saturated heterocycles. The summed E-state index contributed by atoms with van der Waals surface area (Å²) < 4.78 is 0. The van der Waals surface area contributed by atoms with Crippen molar-refractivity contribution in [1.82, 2.24) is 19.7 Å². The first-order valence-electron chi connectivity index (χ1n) is 8.62. The fourth-order valence-corrected chi connectivity index (χ4v) is 3.15. The van der Waals surface area contributed by atoms with Gasteiger partial charge in [-0.3, -0.25) is 14.7 Å². The van der Waals surface area contributed by atoms with Gasteiger partial charge in [0, 0.05) is 37.6 Å². The van der Waals surface area contributed by atoms with Crippen LogP contribution in [0.15, 0.2) is 18.3 Å². The molecule has 1 atom stereocenters. The van der Waals surface area contributed by atoms with E-state index in [1.807, 2.05) is 38.1 Å². The SMILES string of the molecule is CCN1CCCC1CN(CCN(C)C)C(=O)c1ccc(C)nc1. The number of pyridine rings is 1. The second kappa shape index (κ2) is 8.41. The highest BCUT2D eigenvalue weighted by atomic mass is 16.2. The van der Waals surface area contributed by atoms with Gasteiger partial charge in [-0.05, 0) is 59.1 Å². The van der Waals surface area contributed by atoms with Crippen LogP contribution in [0.1, 0.15) is 35.8 Å². The molecule has 1 aromatic heterocycles. The number of rotatable bonds is 7. The van der Waals surface area contributed by atoms with Gasteiger partial charge in [0.05, 0.1) is 5.56 Å². The fraction of sp³-hybridized carbons (Fsp3) is 0.667. The number of hydrogen-bond donors (Lipinski definition) is 0. The van der Waals surface area contributed by atoms with Crippen LogP contribution < -0.4 is 0 Å². The van der Waals surface area contributed by atoms with Crippen molar-refractivity contribution in [2.75, 3.05) is 46.8 Å². The third-order valence-corrected chi connectivity index (χ3v) is 4.60. The van der Waals surface area contributed by atoms with Gasteiger partial charge >= 0.3 is 0 Å². The van der Waals surface area contributed by atoms with Gasteiger partial charge in [-0.1, -0.05) is 6.92 Å². The predicted octanol–water partition coefficient (Wildman–Crippen LogP) is 1.88. The summed E-state index contributed by atoms with van der Waals surface area (Å²) in [5.41, 5.74) is 1.63. The molecular weight excluding hydrogens is 288 g/mol. The maximum atomic E-state index is 12.9. The van der Waals surface area contributed by atoms with Gasteiger partial charge in [-0.2, -0.15) is 0 Å². The normalized spacial score (nSPS) is 18.6. The van der Waals surface area contributed by atoms with Crippen molar-refractivity contribution < 1.29 is 4.79 Å². The summed E-state index contributed by atoms with van der Waals surface area (Å²) in [4.78, 5) is 23.8. The molecule has 1 amide bonds. The monoisotopic (exact) mass is 318 g/mol. The van der Waals surface area contributed by atoms with E-state index >= 15 is 0 Å². The zero-order valence-electron chi connectivity index (χ0n) is 15.0. The Hall–Kier alpha value is -1.46. The highest BCUT2D eigenvalue weighted by Gasteiger charge is 2.27. The van der Waals surface area contributed by atoms with E-state index in [4.69, 9.17) is 0 Å². The lowest BCUT2D eigenvalue weighted by Gasteiger charge is -2.31. The first-order chi connectivity index (χ1) is 11.0. The van der Waals surface area contributed by atoms with Crippen LogP contribution in [0, 0.1) is 6.92 Å². The fourth-order valence-electron chi connectivity index (χ4n) is 3.15. The maximum Gasteiger partial charge on any atom is 0.255 e. The summed E-state index contributed by atoms with van der Waals surface area (Å²) >= 11 is 0. The van der Waals surface area contributed by atoms with Gasteiger partial charge in [-0.15, -0.1) is 0 Å². The highest BCUT2D eigenvalue weighted by Crippen LogP contribution is 2.18. The van der Waals surface area contributed by atoms with E-state index in [0.717, 1.165) is 38.4 Å². The third kappa shape index (κ3) is 5.01. The third-order valence-electron chi connectivity index (χ3n) is 4.60. The van der Waals surface area contributed by atoms with Gasteiger partial charge in [-0.25, -0.2) is 0 Å². The highest BCUT2D eigenvalue weighted by molar-refractivity contribution is 5.94. The summed E-state index contributed by atoms with van der Waals surface area (Å²) in [5, 5.41) is 0. The molecule has 0 radical (unpaired) electrons. The molecule has 0 N–H and O–H groups in total. The van der Waals surface area contributed by atoms with Crippen LogP contribution in [0.3, 0.4) is 0 Å². The van der Waals surface area contributed by atoms with E-state index in [1.165, 1.54) is 12.8 Å².